The number of hydrogen-bond donors (Lipinski definition) is 1. The van der Waals surface area contributed by atoms with Gasteiger partial charge in [0.05, 0.1) is 6.42 Å². The van der Waals surface area contributed by atoms with Crippen molar-refractivity contribution in [1.29, 1.82) is 0 Å². The van der Waals surface area contributed by atoms with Crippen LogP contribution in [0.2, 0.25) is 0 Å². The molecule has 0 spiro atoms. The van der Waals surface area contributed by atoms with E-state index in [0.29, 0.717) is 31.5 Å². The molecule has 0 bridgehead atoms. The highest BCUT2D eigenvalue weighted by Gasteiger charge is 2.27. The van der Waals surface area contributed by atoms with Crippen molar-refractivity contribution in [2.75, 3.05) is 18.4 Å². The first-order valence-electron chi connectivity index (χ1n) is 9.47. The lowest BCUT2D eigenvalue weighted by Gasteiger charge is -2.31. The molecule has 1 aliphatic heterocycles. The van der Waals surface area contributed by atoms with Gasteiger partial charge in [-0.25, -0.2) is 4.39 Å². The van der Waals surface area contributed by atoms with Crippen LogP contribution in [0.5, 0.6) is 0 Å². The minimum atomic E-state index is -0.353. The first-order chi connectivity index (χ1) is 13.1. The number of piperidine rings is 1. The van der Waals surface area contributed by atoms with Crippen LogP contribution in [-0.2, 0) is 22.4 Å². The van der Waals surface area contributed by atoms with Crippen LogP contribution < -0.4 is 5.32 Å². The third kappa shape index (κ3) is 4.94. The molecule has 0 radical (unpaired) electrons. The number of benzene rings is 2. The van der Waals surface area contributed by atoms with E-state index in [9.17, 15) is 14.0 Å². The van der Waals surface area contributed by atoms with E-state index in [4.69, 9.17) is 0 Å². The first-order valence-corrected chi connectivity index (χ1v) is 9.47. The Hall–Kier alpha value is -2.69. The zero-order valence-electron chi connectivity index (χ0n) is 15.6. The summed E-state index contributed by atoms with van der Waals surface area (Å²) in [5, 5.41) is 2.96. The van der Waals surface area contributed by atoms with Crippen molar-refractivity contribution < 1.29 is 14.0 Å². The molecule has 1 N–H and O–H groups in total. The van der Waals surface area contributed by atoms with Crippen molar-refractivity contribution in [2.45, 2.75) is 32.6 Å². The molecule has 2 aromatic carbocycles. The molecule has 142 valence electrons. The summed E-state index contributed by atoms with van der Waals surface area (Å²) in [5.74, 6) is -0.544. The van der Waals surface area contributed by atoms with E-state index in [-0.39, 0.29) is 30.0 Å². The molecule has 2 aromatic rings. The first kappa shape index (κ1) is 19.1. The zero-order valence-corrected chi connectivity index (χ0v) is 15.6. The second-order valence-corrected chi connectivity index (χ2v) is 6.96. The summed E-state index contributed by atoms with van der Waals surface area (Å²) < 4.78 is 13.7. The average Bonchev–Trinajstić information content (AvgIpc) is 2.70. The van der Waals surface area contributed by atoms with Crippen LogP contribution in [0.1, 0.15) is 30.9 Å². The molecule has 1 saturated heterocycles. The largest absolute Gasteiger partial charge is 0.342 e. The highest BCUT2D eigenvalue weighted by Crippen LogP contribution is 2.21. The summed E-state index contributed by atoms with van der Waals surface area (Å²) in [6, 6.07) is 14.2. The number of aryl methyl sites for hydroxylation is 1. The number of carbonyl (C=O) groups is 2. The molecule has 5 heteroatoms. The van der Waals surface area contributed by atoms with E-state index < -0.39 is 0 Å². The SMILES string of the molecule is CCc1ccc(NC(=O)C2CCN(C(=O)Cc3ccccc3F)CC2)cc1. The number of nitrogens with zero attached hydrogens (tertiary/aromatic N) is 1. The minimum absolute atomic E-state index is 0.000418. The van der Waals surface area contributed by atoms with Crippen molar-refractivity contribution in [3.05, 3.63) is 65.5 Å². The summed E-state index contributed by atoms with van der Waals surface area (Å²) in [4.78, 5) is 26.6. The predicted molar refractivity (Wildman–Crippen MR) is 104 cm³/mol. The molecule has 1 aliphatic rings. The van der Waals surface area contributed by atoms with Crippen LogP contribution >= 0.6 is 0 Å². The average molecular weight is 368 g/mol. The van der Waals surface area contributed by atoms with Gasteiger partial charge in [-0.2, -0.15) is 0 Å². The monoisotopic (exact) mass is 368 g/mol. The molecule has 3 rings (SSSR count). The Kier molecular flexibility index (Phi) is 6.22. The molecule has 1 fully saturated rings. The van der Waals surface area contributed by atoms with Crippen LogP contribution in [0.3, 0.4) is 0 Å². The fourth-order valence-corrected chi connectivity index (χ4v) is 3.38. The maximum atomic E-state index is 13.7. The highest BCUT2D eigenvalue weighted by atomic mass is 19.1. The summed E-state index contributed by atoms with van der Waals surface area (Å²) in [5.41, 5.74) is 2.45. The van der Waals surface area contributed by atoms with Crippen LogP contribution in [0.25, 0.3) is 0 Å². The second-order valence-electron chi connectivity index (χ2n) is 6.96. The number of amides is 2. The van der Waals surface area contributed by atoms with E-state index in [1.807, 2.05) is 24.3 Å². The minimum Gasteiger partial charge on any atom is -0.342 e. The Morgan fingerprint density at radius 2 is 1.74 bits per heavy atom. The Morgan fingerprint density at radius 3 is 2.37 bits per heavy atom. The molecule has 1 heterocycles. The van der Waals surface area contributed by atoms with Crippen molar-refractivity contribution >= 4 is 17.5 Å². The molecule has 0 atom stereocenters. The van der Waals surface area contributed by atoms with E-state index in [1.165, 1.54) is 11.6 Å². The standard InChI is InChI=1S/C22H25FN2O2/c1-2-16-7-9-19(10-8-16)24-22(27)17-11-13-25(14-12-17)21(26)15-18-5-3-4-6-20(18)23/h3-10,17H,2,11-15H2,1H3,(H,24,27). The number of carbonyl (C=O) groups excluding carboxylic acids is 2. The summed E-state index contributed by atoms with van der Waals surface area (Å²) in [6.07, 6.45) is 2.28. The number of hydrogen-bond acceptors (Lipinski definition) is 2. The predicted octanol–water partition coefficient (Wildman–Crippen LogP) is 3.81. The van der Waals surface area contributed by atoms with Gasteiger partial charge in [-0.05, 0) is 48.6 Å². The van der Waals surface area contributed by atoms with Gasteiger partial charge in [-0.3, -0.25) is 9.59 Å². The Morgan fingerprint density at radius 1 is 1.07 bits per heavy atom. The lowest BCUT2D eigenvalue weighted by atomic mass is 9.95. The topological polar surface area (TPSA) is 49.4 Å². The molecular formula is C22H25FN2O2. The van der Waals surface area contributed by atoms with Gasteiger partial charge in [0.25, 0.3) is 0 Å². The molecule has 0 saturated carbocycles. The Bertz CT molecular complexity index is 796. The van der Waals surface area contributed by atoms with E-state index >= 15 is 0 Å². The number of likely N-dealkylation sites (tertiary alicyclic amines) is 1. The third-order valence-electron chi connectivity index (χ3n) is 5.15. The maximum absolute atomic E-state index is 13.7. The van der Waals surface area contributed by atoms with Gasteiger partial charge in [-0.1, -0.05) is 37.3 Å². The third-order valence-corrected chi connectivity index (χ3v) is 5.15. The van der Waals surface area contributed by atoms with E-state index in [2.05, 4.69) is 12.2 Å². The van der Waals surface area contributed by atoms with Gasteiger partial charge < -0.3 is 10.2 Å². The molecule has 0 aliphatic carbocycles. The summed E-state index contributed by atoms with van der Waals surface area (Å²) >= 11 is 0. The Balaban J connectivity index is 1.49. The van der Waals surface area contributed by atoms with Crippen LogP contribution in [0, 0.1) is 11.7 Å². The highest BCUT2D eigenvalue weighted by molar-refractivity contribution is 5.92. The van der Waals surface area contributed by atoms with Crippen LogP contribution in [0.4, 0.5) is 10.1 Å². The second kappa shape index (κ2) is 8.80. The van der Waals surface area contributed by atoms with Gasteiger partial charge in [-0.15, -0.1) is 0 Å². The number of nitrogens with one attached hydrogen (secondary N) is 1. The molecule has 4 nitrogen and oxygen atoms in total. The summed E-state index contributed by atoms with van der Waals surface area (Å²) in [6.45, 7) is 3.15. The summed E-state index contributed by atoms with van der Waals surface area (Å²) in [7, 11) is 0. The lowest BCUT2D eigenvalue weighted by molar-refractivity contribution is -0.133. The van der Waals surface area contributed by atoms with Crippen molar-refractivity contribution in [2.24, 2.45) is 5.92 Å². The lowest BCUT2D eigenvalue weighted by Crippen LogP contribution is -2.42. The number of rotatable bonds is 5. The molecule has 0 aromatic heterocycles. The van der Waals surface area contributed by atoms with E-state index in [1.54, 1.807) is 23.1 Å². The molecule has 27 heavy (non-hydrogen) atoms. The fraction of sp³-hybridized carbons (Fsp3) is 0.364. The van der Waals surface area contributed by atoms with E-state index in [0.717, 1.165) is 12.1 Å². The molecule has 0 unspecified atom stereocenters. The van der Waals surface area contributed by atoms with Crippen molar-refractivity contribution in [3.63, 3.8) is 0 Å². The van der Waals surface area contributed by atoms with Gasteiger partial charge in [0.15, 0.2) is 0 Å². The maximum Gasteiger partial charge on any atom is 0.227 e. The number of halogens is 1. The Labute approximate surface area is 159 Å². The quantitative estimate of drug-likeness (QED) is 0.872. The number of anilines is 1. The van der Waals surface area contributed by atoms with Gasteiger partial charge in [0, 0.05) is 24.7 Å². The van der Waals surface area contributed by atoms with Crippen molar-refractivity contribution in [1.82, 2.24) is 4.90 Å². The smallest absolute Gasteiger partial charge is 0.227 e. The molecular weight excluding hydrogens is 343 g/mol. The fourth-order valence-electron chi connectivity index (χ4n) is 3.38. The van der Waals surface area contributed by atoms with Gasteiger partial charge >= 0.3 is 0 Å². The van der Waals surface area contributed by atoms with Crippen molar-refractivity contribution in [3.8, 4) is 0 Å². The zero-order chi connectivity index (χ0) is 19.2. The van der Waals surface area contributed by atoms with Gasteiger partial charge in [0.1, 0.15) is 5.82 Å². The van der Waals surface area contributed by atoms with Crippen LogP contribution in [0.15, 0.2) is 48.5 Å². The normalized spacial score (nSPS) is 14.8. The van der Waals surface area contributed by atoms with Gasteiger partial charge in [0.2, 0.25) is 11.8 Å². The van der Waals surface area contributed by atoms with Crippen LogP contribution in [-0.4, -0.2) is 29.8 Å². The molecule has 2 amide bonds.